The summed E-state index contributed by atoms with van der Waals surface area (Å²) in [4.78, 5) is 2.48. The number of hydrogen-bond donors (Lipinski definition) is 0. The van der Waals surface area contributed by atoms with E-state index in [-0.39, 0.29) is 5.41 Å². The highest BCUT2D eigenvalue weighted by Gasteiger charge is 2.37. The van der Waals surface area contributed by atoms with Gasteiger partial charge in [0.2, 0.25) is 0 Å². The maximum absolute atomic E-state index is 2.48. The molecule has 9 aromatic carbocycles. The molecule has 11 rings (SSSR count). The van der Waals surface area contributed by atoms with Crippen molar-refractivity contribution in [3.05, 3.63) is 217 Å². The van der Waals surface area contributed by atoms with Crippen LogP contribution in [0.3, 0.4) is 0 Å². The first-order valence-corrected chi connectivity index (χ1v) is 19.9. The van der Waals surface area contributed by atoms with Gasteiger partial charge in [-0.3, -0.25) is 0 Å². The van der Waals surface area contributed by atoms with Crippen molar-refractivity contribution in [2.45, 2.75) is 19.3 Å². The van der Waals surface area contributed by atoms with Gasteiger partial charge < -0.3 is 9.47 Å². The van der Waals surface area contributed by atoms with Crippen LogP contribution in [0, 0.1) is 0 Å². The Hall–Kier alpha value is -7.16. The highest BCUT2D eigenvalue weighted by molar-refractivity contribution is 6.10. The summed E-state index contributed by atoms with van der Waals surface area (Å²) >= 11 is 0. The Balaban J connectivity index is 1.16. The minimum Gasteiger partial charge on any atom is -0.308 e. The van der Waals surface area contributed by atoms with Crippen molar-refractivity contribution in [2.24, 2.45) is 0 Å². The molecule has 0 bridgehead atoms. The molecule has 10 aromatic rings. The summed E-state index contributed by atoms with van der Waals surface area (Å²) in [6.07, 6.45) is 0. The van der Waals surface area contributed by atoms with Crippen LogP contribution >= 0.6 is 0 Å². The Kier molecular flexibility index (Phi) is 7.55. The lowest BCUT2D eigenvalue weighted by molar-refractivity contribution is 0.660. The van der Waals surface area contributed by atoms with Crippen LogP contribution < -0.4 is 4.90 Å². The van der Waals surface area contributed by atoms with E-state index in [1.807, 2.05) is 0 Å². The first-order valence-electron chi connectivity index (χ1n) is 19.9. The maximum Gasteiger partial charge on any atom is 0.0702 e. The Morgan fingerprint density at radius 1 is 0.404 bits per heavy atom. The predicted octanol–water partition coefficient (Wildman–Crippen LogP) is 15.0. The summed E-state index contributed by atoms with van der Waals surface area (Å²) in [6.45, 7) is 4.72. The monoisotopic (exact) mass is 728 g/mol. The number of para-hydroxylation sites is 5. The third-order valence-electron chi connectivity index (χ3n) is 12.2. The van der Waals surface area contributed by atoms with E-state index in [9.17, 15) is 0 Å². The van der Waals surface area contributed by atoms with Gasteiger partial charge >= 0.3 is 0 Å². The SMILES string of the molecule is CC1(C)c2ccccc2-c2c(-c3ccccc3N(c3ccc(-c4ccc5ccccc5c4)cc3)c3ccccc3-n3c4ccccc4c4ccccc43)cccc21. The molecule has 57 heavy (non-hydrogen) atoms. The largest absolute Gasteiger partial charge is 0.308 e. The quantitative estimate of drug-likeness (QED) is 0.165. The number of anilines is 3. The van der Waals surface area contributed by atoms with E-state index in [4.69, 9.17) is 0 Å². The molecule has 2 heteroatoms. The molecule has 0 N–H and O–H groups in total. The molecule has 0 amide bonds. The molecule has 0 radical (unpaired) electrons. The molecule has 0 spiro atoms. The second-order valence-corrected chi connectivity index (χ2v) is 15.7. The van der Waals surface area contributed by atoms with Gasteiger partial charge in [-0.15, -0.1) is 0 Å². The molecule has 0 atom stereocenters. The molecule has 0 aliphatic heterocycles. The number of rotatable bonds is 6. The van der Waals surface area contributed by atoms with Crippen LogP contribution in [0.25, 0.3) is 71.6 Å². The van der Waals surface area contributed by atoms with Crippen LogP contribution in [0.15, 0.2) is 206 Å². The van der Waals surface area contributed by atoms with Crippen LogP contribution in [-0.4, -0.2) is 4.57 Å². The Bertz CT molecular complexity index is 3110. The lowest BCUT2D eigenvalue weighted by Crippen LogP contribution is -2.15. The van der Waals surface area contributed by atoms with Gasteiger partial charge in [-0.25, -0.2) is 0 Å². The van der Waals surface area contributed by atoms with Crippen molar-refractivity contribution in [3.8, 4) is 39.1 Å². The number of aromatic nitrogens is 1. The zero-order chi connectivity index (χ0) is 38.1. The number of fused-ring (bicyclic) bond motifs is 7. The smallest absolute Gasteiger partial charge is 0.0702 e. The standard InChI is InChI=1S/C55H40N2/c1-55(2)47-23-9-5-21-46(47)54-45(22-15-24-48(54)55)44-20-8-10-25-49(44)56(41-34-32-38(33-35-41)40-31-30-37-16-3-4-17-39(37)36-40)52-28-13-14-29-53(52)57-50-26-11-6-18-42(50)43-19-7-12-27-51(43)57/h3-36H,1-2H3. The van der Waals surface area contributed by atoms with Crippen molar-refractivity contribution >= 4 is 49.6 Å². The number of benzene rings is 9. The van der Waals surface area contributed by atoms with E-state index in [0.717, 1.165) is 22.7 Å². The summed E-state index contributed by atoms with van der Waals surface area (Å²) in [5.74, 6) is 0. The molecule has 2 nitrogen and oxygen atoms in total. The zero-order valence-corrected chi connectivity index (χ0v) is 32.0. The lowest BCUT2D eigenvalue weighted by atomic mass is 9.82. The van der Waals surface area contributed by atoms with Crippen LogP contribution in [0.1, 0.15) is 25.0 Å². The van der Waals surface area contributed by atoms with Crippen LogP contribution in [-0.2, 0) is 5.41 Å². The van der Waals surface area contributed by atoms with Crippen molar-refractivity contribution in [1.82, 2.24) is 4.57 Å². The molecule has 1 aliphatic carbocycles. The summed E-state index contributed by atoms with van der Waals surface area (Å²) in [5.41, 5.74) is 16.9. The Labute approximate surface area is 333 Å². The van der Waals surface area contributed by atoms with E-state index in [1.165, 1.54) is 77.1 Å². The van der Waals surface area contributed by atoms with Gasteiger partial charge in [0.1, 0.15) is 0 Å². The molecule has 0 saturated carbocycles. The minimum absolute atomic E-state index is 0.0989. The first-order chi connectivity index (χ1) is 28.1. The van der Waals surface area contributed by atoms with Gasteiger partial charge in [-0.1, -0.05) is 172 Å². The fraction of sp³-hybridized carbons (Fsp3) is 0.0545. The molecule has 1 aromatic heterocycles. The van der Waals surface area contributed by atoms with Crippen molar-refractivity contribution < 1.29 is 0 Å². The summed E-state index contributed by atoms with van der Waals surface area (Å²) in [7, 11) is 0. The van der Waals surface area contributed by atoms with Gasteiger partial charge in [0.25, 0.3) is 0 Å². The van der Waals surface area contributed by atoms with E-state index >= 15 is 0 Å². The van der Waals surface area contributed by atoms with Gasteiger partial charge in [-0.05, 0) is 98.2 Å². The molecule has 1 aliphatic rings. The fourth-order valence-electron chi connectivity index (χ4n) is 9.48. The fourth-order valence-corrected chi connectivity index (χ4v) is 9.48. The maximum atomic E-state index is 2.48. The predicted molar refractivity (Wildman–Crippen MR) is 241 cm³/mol. The molecular weight excluding hydrogens is 689 g/mol. The second kappa shape index (κ2) is 13.0. The van der Waals surface area contributed by atoms with Crippen LogP contribution in [0.5, 0.6) is 0 Å². The highest BCUT2D eigenvalue weighted by Crippen LogP contribution is 2.54. The van der Waals surface area contributed by atoms with Crippen molar-refractivity contribution in [1.29, 1.82) is 0 Å². The molecule has 0 saturated heterocycles. The molecule has 270 valence electrons. The minimum atomic E-state index is -0.0989. The Morgan fingerprint density at radius 3 is 1.74 bits per heavy atom. The van der Waals surface area contributed by atoms with Gasteiger partial charge in [0.05, 0.1) is 28.1 Å². The lowest BCUT2D eigenvalue weighted by Gasteiger charge is -2.31. The summed E-state index contributed by atoms with van der Waals surface area (Å²) < 4.78 is 2.44. The summed E-state index contributed by atoms with van der Waals surface area (Å²) in [5, 5.41) is 4.99. The topological polar surface area (TPSA) is 8.17 Å². The van der Waals surface area contributed by atoms with E-state index in [2.05, 4.69) is 230 Å². The van der Waals surface area contributed by atoms with E-state index in [1.54, 1.807) is 0 Å². The zero-order valence-electron chi connectivity index (χ0n) is 32.0. The van der Waals surface area contributed by atoms with Gasteiger partial charge in [-0.2, -0.15) is 0 Å². The van der Waals surface area contributed by atoms with Crippen LogP contribution in [0.4, 0.5) is 17.1 Å². The Morgan fingerprint density at radius 2 is 0.965 bits per heavy atom. The van der Waals surface area contributed by atoms with Gasteiger partial charge in [0, 0.05) is 27.4 Å². The molecule has 0 unspecified atom stereocenters. The molecule has 0 fully saturated rings. The van der Waals surface area contributed by atoms with Crippen molar-refractivity contribution in [3.63, 3.8) is 0 Å². The molecule has 1 heterocycles. The van der Waals surface area contributed by atoms with E-state index in [0.29, 0.717) is 0 Å². The second-order valence-electron chi connectivity index (χ2n) is 15.7. The summed E-state index contributed by atoms with van der Waals surface area (Å²) in [6, 6.07) is 75.7. The average Bonchev–Trinajstić information content (AvgIpc) is 3.73. The number of nitrogens with zero attached hydrogens (tertiary/aromatic N) is 2. The number of hydrogen-bond acceptors (Lipinski definition) is 1. The average molecular weight is 729 g/mol. The van der Waals surface area contributed by atoms with E-state index < -0.39 is 0 Å². The van der Waals surface area contributed by atoms with Gasteiger partial charge in [0.15, 0.2) is 0 Å². The third-order valence-corrected chi connectivity index (χ3v) is 12.2. The molecular formula is C55H40N2. The first kappa shape index (κ1) is 33.2. The van der Waals surface area contributed by atoms with Crippen molar-refractivity contribution in [2.75, 3.05) is 4.90 Å². The highest BCUT2D eigenvalue weighted by atomic mass is 15.2. The third kappa shape index (κ3) is 5.18. The normalized spacial score (nSPS) is 12.9. The van der Waals surface area contributed by atoms with Crippen LogP contribution in [0.2, 0.25) is 0 Å².